The number of sulfonamides is 1. The van der Waals surface area contributed by atoms with Gasteiger partial charge in [-0.25, -0.2) is 8.42 Å². The van der Waals surface area contributed by atoms with Crippen molar-refractivity contribution in [3.8, 4) is 11.5 Å². The number of hydrogen-bond donors (Lipinski definition) is 1. The number of carbonyl (C=O) groups is 2. The molecule has 4 rings (SSSR count). The minimum atomic E-state index is -3.92. The molecule has 1 unspecified atom stereocenters. The number of hydrogen-bond acceptors (Lipinski definition) is 6. The fraction of sp³-hybridized carbons (Fsp3) is 0.355. The molecule has 0 saturated carbocycles. The standard InChI is InChI=1S/C31H35Cl2N3O6S/c1-4-43(39,40)36(24-11-13-28-29(16-24)42-20-41-28)19-30(37)35(18-23-10-12-25(32)26(33)14-23)27(31(38)34-17-21(2)3)15-22-8-6-5-7-9-22/h5-14,16,21,27H,4,15,17-20H2,1-3H3,(H,34,38). The molecule has 1 heterocycles. The number of rotatable bonds is 13. The fourth-order valence-corrected chi connectivity index (χ4v) is 5.95. The van der Waals surface area contributed by atoms with E-state index in [0.717, 1.165) is 9.87 Å². The Kier molecular flexibility index (Phi) is 10.8. The molecule has 3 aromatic carbocycles. The topological polar surface area (TPSA) is 105 Å². The lowest BCUT2D eigenvalue weighted by molar-refractivity contribution is -0.140. The van der Waals surface area contributed by atoms with Gasteiger partial charge in [0.15, 0.2) is 11.5 Å². The molecule has 230 valence electrons. The first-order valence-corrected chi connectivity index (χ1v) is 16.3. The molecule has 0 bridgehead atoms. The average molecular weight is 649 g/mol. The maximum absolute atomic E-state index is 14.3. The lowest BCUT2D eigenvalue weighted by Crippen LogP contribution is -2.53. The van der Waals surface area contributed by atoms with Crippen molar-refractivity contribution in [3.63, 3.8) is 0 Å². The zero-order valence-corrected chi connectivity index (χ0v) is 26.6. The van der Waals surface area contributed by atoms with Crippen LogP contribution in [0.2, 0.25) is 10.0 Å². The summed E-state index contributed by atoms with van der Waals surface area (Å²) in [6.45, 7) is 5.33. The number of carbonyl (C=O) groups excluding carboxylic acids is 2. The van der Waals surface area contributed by atoms with Crippen molar-refractivity contribution in [1.29, 1.82) is 0 Å². The SMILES string of the molecule is CCS(=O)(=O)N(CC(=O)N(Cc1ccc(Cl)c(Cl)c1)C(Cc1ccccc1)C(=O)NCC(C)C)c1ccc2c(c1)OCO2. The molecule has 0 saturated heterocycles. The largest absolute Gasteiger partial charge is 0.454 e. The number of ether oxygens (including phenoxy) is 2. The van der Waals surface area contributed by atoms with Gasteiger partial charge in [0.1, 0.15) is 12.6 Å². The van der Waals surface area contributed by atoms with E-state index in [1.54, 1.807) is 30.3 Å². The van der Waals surface area contributed by atoms with E-state index in [1.807, 2.05) is 44.2 Å². The lowest BCUT2D eigenvalue weighted by Gasteiger charge is -2.34. The van der Waals surface area contributed by atoms with Crippen LogP contribution in [0.1, 0.15) is 31.9 Å². The van der Waals surface area contributed by atoms with Gasteiger partial charge < -0.3 is 19.7 Å². The molecule has 0 aromatic heterocycles. The third-order valence-electron chi connectivity index (χ3n) is 6.92. The van der Waals surface area contributed by atoms with Crippen molar-refractivity contribution >= 4 is 50.7 Å². The van der Waals surface area contributed by atoms with Gasteiger partial charge in [-0.15, -0.1) is 0 Å². The van der Waals surface area contributed by atoms with Crippen molar-refractivity contribution in [2.45, 2.75) is 39.8 Å². The van der Waals surface area contributed by atoms with Crippen LogP contribution in [0.3, 0.4) is 0 Å². The molecule has 0 aliphatic carbocycles. The minimum absolute atomic E-state index is 0.0104. The molecule has 0 spiro atoms. The van der Waals surface area contributed by atoms with Crippen LogP contribution in [0.15, 0.2) is 66.7 Å². The van der Waals surface area contributed by atoms with Crippen molar-refractivity contribution < 1.29 is 27.5 Å². The van der Waals surface area contributed by atoms with Gasteiger partial charge in [-0.1, -0.05) is 73.4 Å². The molecule has 1 aliphatic heterocycles. The van der Waals surface area contributed by atoms with Crippen LogP contribution in [0.25, 0.3) is 0 Å². The number of amides is 2. The number of nitrogens with zero attached hydrogens (tertiary/aromatic N) is 2. The van der Waals surface area contributed by atoms with Gasteiger partial charge in [0.25, 0.3) is 0 Å². The molecular formula is C31H35Cl2N3O6S. The molecule has 0 fully saturated rings. The average Bonchev–Trinajstić information content (AvgIpc) is 3.46. The molecule has 3 aromatic rings. The highest BCUT2D eigenvalue weighted by Crippen LogP contribution is 2.36. The molecule has 1 N–H and O–H groups in total. The fourth-order valence-electron chi connectivity index (χ4n) is 4.57. The van der Waals surface area contributed by atoms with E-state index in [0.29, 0.717) is 33.7 Å². The van der Waals surface area contributed by atoms with E-state index in [-0.39, 0.29) is 43.0 Å². The van der Waals surface area contributed by atoms with E-state index in [2.05, 4.69) is 5.32 Å². The van der Waals surface area contributed by atoms with Crippen molar-refractivity contribution in [1.82, 2.24) is 10.2 Å². The molecule has 12 heteroatoms. The van der Waals surface area contributed by atoms with Crippen molar-refractivity contribution in [3.05, 3.63) is 87.9 Å². The Morgan fingerprint density at radius 1 is 0.930 bits per heavy atom. The molecule has 2 amide bonds. The summed E-state index contributed by atoms with van der Waals surface area (Å²) >= 11 is 12.4. The lowest BCUT2D eigenvalue weighted by atomic mass is 10.0. The van der Waals surface area contributed by atoms with Crippen LogP contribution in [0.5, 0.6) is 11.5 Å². The second kappa shape index (κ2) is 14.3. The highest BCUT2D eigenvalue weighted by atomic mass is 35.5. The van der Waals surface area contributed by atoms with Crippen LogP contribution in [0.4, 0.5) is 5.69 Å². The zero-order valence-electron chi connectivity index (χ0n) is 24.3. The normalized spacial score (nSPS) is 13.1. The Bertz CT molecular complexity index is 1550. The van der Waals surface area contributed by atoms with Crippen LogP contribution in [0, 0.1) is 5.92 Å². The minimum Gasteiger partial charge on any atom is -0.454 e. The van der Waals surface area contributed by atoms with E-state index in [9.17, 15) is 18.0 Å². The van der Waals surface area contributed by atoms with E-state index >= 15 is 0 Å². The molecule has 0 radical (unpaired) electrons. The maximum Gasteiger partial charge on any atom is 0.244 e. The predicted molar refractivity (Wildman–Crippen MR) is 168 cm³/mol. The summed E-state index contributed by atoms with van der Waals surface area (Å²) in [4.78, 5) is 29.4. The van der Waals surface area contributed by atoms with Gasteiger partial charge >= 0.3 is 0 Å². The number of anilines is 1. The molecule has 1 atom stereocenters. The highest BCUT2D eigenvalue weighted by Gasteiger charge is 2.34. The molecule has 43 heavy (non-hydrogen) atoms. The van der Waals surface area contributed by atoms with Gasteiger partial charge in [-0.05, 0) is 48.2 Å². The third-order valence-corrected chi connectivity index (χ3v) is 9.40. The van der Waals surface area contributed by atoms with Gasteiger partial charge in [0.2, 0.25) is 28.6 Å². The molecular weight excluding hydrogens is 613 g/mol. The second-order valence-corrected chi connectivity index (χ2v) is 13.6. The number of benzene rings is 3. The van der Waals surface area contributed by atoms with Crippen LogP contribution in [-0.4, -0.2) is 56.8 Å². The summed E-state index contributed by atoms with van der Waals surface area (Å²) < 4.78 is 38.6. The van der Waals surface area contributed by atoms with Gasteiger partial charge in [0.05, 0.1) is 21.5 Å². The summed E-state index contributed by atoms with van der Waals surface area (Å²) in [5.41, 5.74) is 1.72. The number of nitrogens with one attached hydrogen (secondary N) is 1. The van der Waals surface area contributed by atoms with Crippen molar-refractivity contribution in [2.24, 2.45) is 5.92 Å². The first-order valence-electron chi connectivity index (χ1n) is 13.9. The summed E-state index contributed by atoms with van der Waals surface area (Å²) in [6.07, 6.45) is 0.211. The molecule has 9 nitrogen and oxygen atoms in total. The van der Waals surface area contributed by atoms with Crippen LogP contribution < -0.4 is 19.1 Å². The summed E-state index contributed by atoms with van der Waals surface area (Å²) in [6, 6.07) is 18.1. The first kappa shape index (κ1) is 32.4. The van der Waals surface area contributed by atoms with Gasteiger partial charge in [0, 0.05) is 25.6 Å². The maximum atomic E-state index is 14.3. The third kappa shape index (κ3) is 8.34. The van der Waals surface area contributed by atoms with Crippen LogP contribution in [-0.2, 0) is 32.6 Å². The Hall–Kier alpha value is -3.47. The Morgan fingerprint density at radius 2 is 1.65 bits per heavy atom. The Balaban J connectivity index is 1.75. The van der Waals surface area contributed by atoms with Crippen molar-refractivity contribution in [2.75, 3.05) is 29.9 Å². The number of halogens is 2. The number of fused-ring (bicyclic) bond motifs is 1. The second-order valence-electron chi connectivity index (χ2n) is 10.6. The summed E-state index contributed by atoms with van der Waals surface area (Å²) in [7, 11) is -3.92. The Morgan fingerprint density at radius 3 is 2.33 bits per heavy atom. The smallest absolute Gasteiger partial charge is 0.244 e. The first-order chi connectivity index (χ1) is 20.5. The van der Waals surface area contributed by atoms with E-state index in [4.69, 9.17) is 32.7 Å². The Labute approximate surface area is 262 Å². The predicted octanol–water partition coefficient (Wildman–Crippen LogP) is 5.29. The van der Waals surface area contributed by atoms with Crippen LogP contribution >= 0.6 is 23.2 Å². The van der Waals surface area contributed by atoms with E-state index < -0.39 is 28.5 Å². The van der Waals surface area contributed by atoms with Gasteiger partial charge in [-0.2, -0.15) is 0 Å². The monoisotopic (exact) mass is 647 g/mol. The molecule has 1 aliphatic rings. The van der Waals surface area contributed by atoms with Gasteiger partial charge in [-0.3, -0.25) is 13.9 Å². The zero-order chi connectivity index (χ0) is 31.1. The quantitative estimate of drug-likeness (QED) is 0.270. The highest BCUT2D eigenvalue weighted by molar-refractivity contribution is 7.92. The summed E-state index contributed by atoms with van der Waals surface area (Å²) in [5, 5.41) is 3.60. The van der Waals surface area contributed by atoms with E-state index in [1.165, 1.54) is 17.9 Å². The summed E-state index contributed by atoms with van der Waals surface area (Å²) in [5.74, 6) is -0.125.